The average Bonchev–Trinajstić information content (AvgIpc) is 2.80. The van der Waals surface area contributed by atoms with Gasteiger partial charge in [-0.2, -0.15) is 5.10 Å². The minimum atomic E-state index is -0.264. The van der Waals surface area contributed by atoms with Gasteiger partial charge < -0.3 is 5.32 Å². The Morgan fingerprint density at radius 1 is 1.45 bits per heavy atom. The van der Waals surface area contributed by atoms with Crippen LogP contribution in [0.2, 0.25) is 5.02 Å². The van der Waals surface area contributed by atoms with Crippen LogP contribution in [-0.4, -0.2) is 16.8 Å². The number of hydrogen-bond donors (Lipinski definition) is 1. The van der Waals surface area contributed by atoms with Gasteiger partial charge in [0.05, 0.1) is 5.69 Å². The molecule has 0 radical (unpaired) electrons. The zero-order valence-electron chi connectivity index (χ0n) is 12.0. The predicted octanol–water partition coefficient (Wildman–Crippen LogP) is 3.28. The molecule has 1 aromatic carbocycles. The first-order valence-electron chi connectivity index (χ1n) is 6.69. The Labute approximate surface area is 123 Å². The molecule has 2 aromatic rings. The van der Waals surface area contributed by atoms with Gasteiger partial charge in [-0.1, -0.05) is 24.6 Å². The van der Waals surface area contributed by atoms with Crippen molar-refractivity contribution in [2.75, 3.05) is 7.05 Å². The van der Waals surface area contributed by atoms with Crippen LogP contribution in [0.3, 0.4) is 0 Å². The van der Waals surface area contributed by atoms with Crippen LogP contribution in [0.4, 0.5) is 4.39 Å². The minimum Gasteiger partial charge on any atom is -0.313 e. The monoisotopic (exact) mass is 295 g/mol. The predicted molar refractivity (Wildman–Crippen MR) is 79.5 cm³/mol. The molecule has 0 fully saturated rings. The van der Waals surface area contributed by atoms with E-state index in [1.54, 1.807) is 16.8 Å². The van der Waals surface area contributed by atoms with Crippen molar-refractivity contribution in [3.05, 3.63) is 52.1 Å². The van der Waals surface area contributed by atoms with Crippen LogP contribution in [0, 0.1) is 5.82 Å². The van der Waals surface area contributed by atoms with Crippen LogP contribution < -0.4 is 5.32 Å². The van der Waals surface area contributed by atoms with Gasteiger partial charge >= 0.3 is 0 Å². The summed E-state index contributed by atoms with van der Waals surface area (Å²) in [7, 11) is 3.76. The molecule has 5 heteroatoms. The smallest absolute Gasteiger partial charge is 0.127 e. The largest absolute Gasteiger partial charge is 0.313 e. The molecule has 0 aliphatic rings. The number of hydrogen-bond acceptors (Lipinski definition) is 2. The van der Waals surface area contributed by atoms with Gasteiger partial charge in [0.1, 0.15) is 5.82 Å². The van der Waals surface area contributed by atoms with Gasteiger partial charge in [0, 0.05) is 35.4 Å². The van der Waals surface area contributed by atoms with Gasteiger partial charge in [-0.05, 0) is 32.0 Å². The van der Waals surface area contributed by atoms with Crippen LogP contribution in [0.25, 0.3) is 0 Å². The van der Waals surface area contributed by atoms with E-state index < -0.39 is 0 Å². The molecule has 0 bridgehead atoms. The number of likely N-dealkylation sites (N-methyl/N-ethyl adjacent to an activating group) is 1. The summed E-state index contributed by atoms with van der Waals surface area (Å²) < 4.78 is 15.7. The number of nitrogens with zero attached hydrogens (tertiary/aromatic N) is 2. The molecule has 1 heterocycles. The fourth-order valence-electron chi connectivity index (χ4n) is 2.42. The molecule has 3 nitrogen and oxygen atoms in total. The van der Waals surface area contributed by atoms with E-state index in [4.69, 9.17) is 11.6 Å². The second-order valence-electron chi connectivity index (χ2n) is 4.80. The van der Waals surface area contributed by atoms with E-state index in [1.807, 2.05) is 20.3 Å². The highest BCUT2D eigenvalue weighted by Crippen LogP contribution is 2.27. The molecular weight excluding hydrogens is 277 g/mol. The van der Waals surface area contributed by atoms with Crippen molar-refractivity contribution in [3.8, 4) is 0 Å². The summed E-state index contributed by atoms with van der Waals surface area (Å²) in [5.41, 5.74) is 2.66. The van der Waals surface area contributed by atoms with Crippen LogP contribution >= 0.6 is 11.6 Å². The Morgan fingerprint density at radius 2 is 2.20 bits per heavy atom. The van der Waals surface area contributed by atoms with E-state index >= 15 is 0 Å². The maximum Gasteiger partial charge on any atom is 0.127 e. The number of rotatable bonds is 5. The van der Waals surface area contributed by atoms with Crippen molar-refractivity contribution in [3.63, 3.8) is 0 Å². The quantitative estimate of drug-likeness (QED) is 0.917. The summed E-state index contributed by atoms with van der Waals surface area (Å²) >= 11 is 6.11. The van der Waals surface area contributed by atoms with E-state index in [9.17, 15) is 4.39 Å². The van der Waals surface area contributed by atoms with Crippen LogP contribution in [0.1, 0.15) is 29.8 Å². The topological polar surface area (TPSA) is 29.9 Å². The molecule has 1 aromatic heterocycles. The normalized spacial score (nSPS) is 12.7. The Hall–Kier alpha value is -1.39. The van der Waals surface area contributed by atoms with Crippen molar-refractivity contribution in [1.29, 1.82) is 0 Å². The Morgan fingerprint density at radius 3 is 2.80 bits per heavy atom. The number of nitrogens with one attached hydrogen (secondary N) is 1. The Bertz CT molecular complexity index is 575. The molecule has 0 saturated heterocycles. The number of benzene rings is 1. The summed E-state index contributed by atoms with van der Waals surface area (Å²) in [6.07, 6.45) is 3.33. The number of halogens is 2. The van der Waals surface area contributed by atoms with Gasteiger partial charge in [0.25, 0.3) is 0 Å². The molecule has 20 heavy (non-hydrogen) atoms. The van der Waals surface area contributed by atoms with Gasteiger partial charge in [-0.3, -0.25) is 4.68 Å². The minimum absolute atomic E-state index is 0.00644. The molecule has 0 aliphatic heterocycles. The third kappa shape index (κ3) is 3.02. The Balaban J connectivity index is 2.33. The second-order valence-corrected chi connectivity index (χ2v) is 5.21. The molecule has 0 saturated carbocycles. The molecule has 1 unspecified atom stereocenters. The summed E-state index contributed by atoms with van der Waals surface area (Å²) in [4.78, 5) is 0. The third-order valence-corrected chi connectivity index (χ3v) is 3.82. The SMILES string of the molecule is CCc1nn(C)cc1C(Cc1c(F)cccc1Cl)NC. The molecule has 108 valence electrons. The van der Waals surface area contributed by atoms with Gasteiger partial charge in [0.15, 0.2) is 0 Å². The average molecular weight is 296 g/mol. The fraction of sp³-hybridized carbons (Fsp3) is 0.400. The maximum atomic E-state index is 13.9. The third-order valence-electron chi connectivity index (χ3n) is 3.47. The number of aryl methyl sites for hydroxylation is 2. The first-order chi connectivity index (χ1) is 9.56. The molecule has 2 rings (SSSR count). The lowest BCUT2D eigenvalue weighted by atomic mass is 9.98. The molecular formula is C15H19ClFN3. The van der Waals surface area contributed by atoms with Crippen molar-refractivity contribution >= 4 is 11.6 Å². The molecule has 0 amide bonds. The van der Waals surface area contributed by atoms with Crippen molar-refractivity contribution in [1.82, 2.24) is 15.1 Å². The van der Waals surface area contributed by atoms with E-state index in [1.165, 1.54) is 6.07 Å². The van der Waals surface area contributed by atoms with Gasteiger partial charge in [0.2, 0.25) is 0 Å². The standard InChI is InChI=1S/C15H19ClFN3/c1-4-14-11(9-20(3)19-14)15(18-2)8-10-12(16)6-5-7-13(10)17/h5-7,9,15,18H,4,8H2,1-3H3. The second kappa shape index (κ2) is 6.37. The highest BCUT2D eigenvalue weighted by Gasteiger charge is 2.19. The first-order valence-corrected chi connectivity index (χ1v) is 7.07. The lowest BCUT2D eigenvalue weighted by molar-refractivity contribution is 0.551. The molecule has 1 atom stereocenters. The summed E-state index contributed by atoms with van der Waals surface area (Å²) in [6, 6.07) is 4.78. The molecule has 1 N–H and O–H groups in total. The lowest BCUT2D eigenvalue weighted by Gasteiger charge is -2.17. The van der Waals surface area contributed by atoms with Crippen LogP contribution in [0.5, 0.6) is 0 Å². The van der Waals surface area contributed by atoms with E-state index in [2.05, 4.69) is 17.3 Å². The maximum absolute atomic E-state index is 13.9. The van der Waals surface area contributed by atoms with E-state index in [0.29, 0.717) is 17.0 Å². The molecule has 0 aliphatic carbocycles. The van der Waals surface area contributed by atoms with E-state index in [0.717, 1.165) is 17.7 Å². The van der Waals surface area contributed by atoms with Crippen LogP contribution in [-0.2, 0) is 19.9 Å². The van der Waals surface area contributed by atoms with Gasteiger partial charge in [-0.15, -0.1) is 0 Å². The Kier molecular flexibility index (Phi) is 4.78. The first kappa shape index (κ1) is 15.0. The highest BCUT2D eigenvalue weighted by atomic mass is 35.5. The summed E-state index contributed by atoms with van der Waals surface area (Å²) in [6.45, 7) is 2.06. The number of aromatic nitrogens is 2. The van der Waals surface area contributed by atoms with Crippen molar-refractivity contribution in [2.24, 2.45) is 7.05 Å². The van der Waals surface area contributed by atoms with Crippen molar-refractivity contribution < 1.29 is 4.39 Å². The lowest BCUT2D eigenvalue weighted by Crippen LogP contribution is -2.20. The fourth-order valence-corrected chi connectivity index (χ4v) is 2.66. The zero-order chi connectivity index (χ0) is 14.7. The highest BCUT2D eigenvalue weighted by molar-refractivity contribution is 6.31. The zero-order valence-corrected chi connectivity index (χ0v) is 12.7. The summed E-state index contributed by atoms with van der Waals surface area (Å²) in [5.74, 6) is -0.264. The van der Waals surface area contributed by atoms with Gasteiger partial charge in [-0.25, -0.2) is 4.39 Å². The molecule has 0 spiro atoms. The van der Waals surface area contributed by atoms with E-state index in [-0.39, 0.29) is 11.9 Å². The van der Waals surface area contributed by atoms with Crippen molar-refractivity contribution in [2.45, 2.75) is 25.8 Å². The van der Waals surface area contributed by atoms with Crippen LogP contribution in [0.15, 0.2) is 24.4 Å². The summed E-state index contributed by atoms with van der Waals surface area (Å²) in [5, 5.41) is 8.13.